The summed E-state index contributed by atoms with van der Waals surface area (Å²) in [6, 6.07) is 9.97. The molecule has 2 aliphatic rings. The van der Waals surface area contributed by atoms with Gasteiger partial charge >= 0.3 is 0 Å². The second-order valence-electron chi connectivity index (χ2n) is 5.91. The van der Waals surface area contributed by atoms with Crippen LogP contribution < -0.4 is 5.32 Å². The Balaban J connectivity index is 1.86. The van der Waals surface area contributed by atoms with Crippen LogP contribution in [0.25, 0.3) is 5.69 Å². The molecule has 1 aromatic heterocycles. The molecule has 1 aliphatic carbocycles. The lowest BCUT2D eigenvalue weighted by Crippen LogP contribution is -2.07. The Morgan fingerprint density at radius 3 is 2.86 bits per heavy atom. The first kappa shape index (κ1) is 12.5. The van der Waals surface area contributed by atoms with E-state index in [2.05, 4.69) is 11.4 Å². The summed E-state index contributed by atoms with van der Waals surface area (Å²) >= 11 is 0. The molecule has 4 rings (SSSR count). The quantitative estimate of drug-likeness (QED) is 0.916. The van der Waals surface area contributed by atoms with Crippen LogP contribution in [-0.2, 0) is 6.42 Å². The Labute approximate surface area is 124 Å². The van der Waals surface area contributed by atoms with Gasteiger partial charge < -0.3 is 5.32 Å². The van der Waals surface area contributed by atoms with E-state index in [1.165, 1.54) is 36.9 Å². The molecule has 0 bridgehead atoms. The number of aromatic nitrogens is 2. The van der Waals surface area contributed by atoms with E-state index in [4.69, 9.17) is 5.10 Å². The van der Waals surface area contributed by atoms with Crippen molar-refractivity contribution in [1.29, 1.82) is 5.26 Å². The molecule has 1 aromatic carbocycles. The molecule has 1 fully saturated rings. The summed E-state index contributed by atoms with van der Waals surface area (Å²) in [7, 11) is 0. The van der Waals surface area contributed by atoms with Crippen LogP contribution in [0.5, 0.6) is 0 Å². The Morgan fingerprint density at radius 1 is 1.24 bits per heavy atom. The van der Waals surface area contributed by atoms with Crippen molar-refractivity contribution in [3.8, 4) is 11.8 Å². The van der Waals surface area contributed by atoms with Gasteiger partial charge in [0.05, 0.1) is 16.9 Å². The molecule has 1 N–H and O–H groups in total. The fraction of sp³-hybridized carbons (Fsp3) is 0.412. The zero-order valence-corrected chi connectivity index (χ0v) is 12.0. The van der Waals surface area contributed by atoms with Crippen LogP contribution in [-0.4, -0.2) is 16.3 Å². The number of nitriles is 1. The minimum atomic E-state index is 0.606. The molecule has 106 valence electrons. The van der Waals surface area contributed by atoms with Crippen molar-refractivity contribution in [3.63, 3.8) is 0 Å². The van der Waals surface area contributed by atoms with Gasteiger partial charge in [0, 0.05) is 18.0 Å². The predicted molar refractivity (Wildman–Crippen MR) is 81.7 cm³/mol. The third-order valence-electron chi connectivity index (χ3n) is 4.68. The molecule has 2 aromatic rings. The number of nitrogens with one attached hydrogen (secondary N) is 1. The number of hydrogen-bond donors (Lipinski definition) is 1. The zero-order chi connectivity index (χ0) is 14.2. The lowest BCUT2D eigenvalue weighted by Gasteiger charge is -2.09. The fourth-order valence-electron chi connectivity index (χ4n) is 3.66. The van der Waals surface area contributed by atoms with Crippen LogP contribution in [0.1, 0.15) is 48.4 Å². The predicted octanol–water partition coefficient (Wildman–Crippen LogP) is 3.37. The number of anilines is 1. The van der Waals surface area contributed by atoms with Crippen LogP contribution in [0.3, 0.4) is 0 Å². The largest absolute Gasteiger partial charge is 0.369 e. The van der Waals surface area contributed by atoms with Gasteiger partial charge in [-0.2, -0.15) is 10.4 Å². The van der Waals surface area contributed by atoms with E-state index < -0.39 is 0 Å². The number of rotatable bonds is 2. The van der Waals surface area contributed by atoms with Gasteiger partial charge in [0.2, 0.25) is 0 Å². The molecular weight excluding hydrogens is 260 g/mol. The molecule has 0 unspecified atom stereocenters. The van der Waals surface area contributed by atoms with Crippen LogP contribution in [0.2, 0.25) is 0 Å². The zero-order valence-electron chi connectivity index (χ0n) is 12.0. The smallest absolute Gasteiger partial charge is 0.133 e. The number of para-hydroxylation sites is 1. The number of hydrogen-bond acceptors (Lipinski definition) is 3. The maximum atomic E-state index is 9.34. The number of nitrogens with zero attached hydrogens (tertiary/aromatic N) is 3. The molecule has 0 radical (unpaired) electrons. The van der Waals surface area contributed by atoms with Crippen molar-refractivity contribution in [3.05, 3.63) is 41.1 Å². The van der Waals surface area contributed by atoms with Crippen LogP contribution >= 0.6 is 0 Å². The summed E-state index contributed by atoms with van der Waals surface area (Å²) in [5.41, 5.74) is 4.19. The summed E-state index contributed by atoms with van der Waals surface area (Å²) in [4.78, 5) is 0. The first-order valence-corrected chi connectivity index (χ1v) is 7.73. The molecular formula is C17H18N4. The van der Waals surface area contributed by atoms with E-state index in [0.29, 0.717) is 11.5 Å². The van der Waals surface area contributed by atoms with Gasteiger partial charge in [-0.15, -0.1) is 0 Å². The molecule has 0 amide bonds. The topological polar surface area (TPSA) is 53.6 Å². The van der Waals surface area contributed by atoms with Crippen molar-refractivity contribution in [2.24, 2.45) is 0 Å². The third kappa shape index (κ3) is 1.92. The van der Waals surface area contributed by atoms with Gasteiger partial charge in [0.25, 0.3) is 0 Å². The summed E-state index contributed by atoms with van der Waals surface area (Å²) in [5.74, 6) is 1.70. The maximum absolute atomic E-state index is 9.34. The molecule has 0 spiro atoms. The maximum Gasteiger partial charge on any atom is 0.133 e. The summed E-state index contributed by atoms with van der Waals surface area (Å²) < 4.78 is 1.95. The molecule has 21 heavy (non-hydrogen) atoms. The van der Waals surface area contributed by atoms with Crippen LogP contribution in [0.15, 0.2) is 24.3 Å². The second-order valence-corrected chi connectivity index (χ2v) is 5.91. The van der Waals surface area contributed by atoms with Crippen molar-refractivity contribution in [2.75, 3.05) is 11.9 Å². The van der Waals surface area contributed by atoms with E-state index in [1.807, 2.05) is 28.9 Å². The van der Waals surface area contributed by atoms with Gasteiger partial charge in [-0.25, -0.2) is 4.68 Å². The van der Waals surface area contributed by atoms with Crippen LogP contribution in [0, 0.1) is 11.3 Å². The van der Waals surface area contributed by atoms with E-state index in [0.717, 1.165) is 24.5 Å². The fourth-order valence-corrected chi connectivity index (χ4v) is 3.66. The summed E-state index contributed by atoms with van der Waals surface area (Å²) in [5, 5.41) is 17.7. The Hall–Kier alpha value is -2.28. The summed E-state index contributed by atoms with van der Waals surface area (Å²) in [6.45, 7) is 0.974. The van der Waals surface area contributed by atoms with Gasteiger partial charge in [0.1, 0.15) is 11.9 Å². The average Bonchev–Trinajstić information content (AvgIpc) is 3.24. The average molecular weight is 278 g/mol. The van der Waals surface area contributed by atoms with Crippen molar-refractivity contribution in [1.82, 2.24) is 9.78 Å². The lowest BCUT2D eigenvalue weighted by molar-refractivity contribution is 0.670. The SMILES string of the molecule is N#Cc1ccccc1-n1nc(C2CCCC2)c2c1NCC2. The molecule has 1 saturated carbocycles. The number of fused-ring (bicyclic) bond motifs is 1. The lowest BCUT2D eigenvalue weighted by atomic mass is 9.99. The van der Waals surface area contributed by atoms with E-state index >= 15 is 0 Å². The normalized spacial score (nSPS) is 17.5. The highest BCUT2D eigenvalue weighted by molar-refractivity contribution is 5.60. The van der Waals surface area contributed by atoms with Crippen molar-refractivity contribution >= 4 is 5.82 Å². The van der Waals surface area contributed by atoms with E-state index in [9.17, 15) is 5.26 Å². The highest BCUT2D eigenvalue weighted by atomic mass is 15.3. The second kappa shape index (κ2) is 4.92. The molecule has 4 nitrogen and oxygen atoms in total. The number of benzene rings is 1. The van der Waals surface area contributed by atoms with Gasteiger partial charge in [-0.3, -0.25) is 0 Å². The van der Waals surface area contributed by atoms with E-state index in [1.54, 1.807) is 0 Å². The Bertz CT molecular complexity index is 717. The first-order valence-electron chi connectivity index (χ1n) is 7.73. The van der Waals surface area contributed by atoms with Gasteiger partial charge in [0.15, 0.2) is 0 Å². The molecule has 0 atom stereocenters. The minimum Gasteiger partial charge on any atom is -0.369 e. The molecule has 4 heteroatoms. The van der Waals surface area contributed by atoms with Gasteiger partial charge in [-0.05, 0) is 31.4 Å². The van der Waals surface area contributed by atoms with E-state index in [-0.39, 0.29) is 0 Å². The highest BCUT2D eigenvalue weighted by Gasteiger charge is 2.29. The standard InChI is InChI=1S/C17H18N4/c18-11-13-7-3-4-8-15(13)21-17-14(9-10-19-17)16(20-21)12-5-1-2-6-12/h3-4,7-8,12,19H,1-2,5-6,9-10H2. The highest BCUT2D eigenvalue weighted by Crippen LogP contribution is 2.40. The molecule has 2 heterocycles. The van der Waals surface area contributed by atoms with Crippen molar-refractivity contribution in [2.45, 2.75) is 38.0 Å². The Kier molecular flexibility index (Phi) is 2.92. The van der Waals surface area contributed by atoms with Crippen LogP contribution in [0.4, 0.5) is 5.82 Å². The van der Waals surface area contributed by atoms with Gasteiger partial charge in [-0.1, -0.05) is 25.0 Å². The molecule has 1 aliphatic heterocycles. The molecule has 0 saturated heterocycles. The first-order chi connectivity index (χ1) is 10.4. The summed E-state index contributed by atoms with van der Waals surface area (Å²) in [6.07, 6.45) is 6.19. The van der Waals surface area contributed by atoms with Crippen molar-refractivity contribution < 1.29 is 0 Å². The monoisotopic (exact) mass is 278 g/mol. The Morgan fingerprint density at radius 2 is 2.05 bits per heavy atom. The third-order valence-corrected chi connectivity index (χ3v) is 4.68. The minimum absolute atomic E-state index is 0.606.